The van der Waals surface area contributed by atoms with Crippen molar-refractivity contribution in [1.29, 1.82) is 0 Å². The van der Waals surface area contributed by atoms with Crippen molar-refractivity contribution in [3.63, 3.8) is 0 Å². The van der Waals surface area contributed by atoms with Gasteiger partial charge in [0.2, 0.25) is 5.91 Å². The first-order chi connectivity index (χ1) is 15.0. The van der Waals surface area contributed by atoms with Gasteiger partial charge in [-0.2, -0.15) is 26.3 Å². The van der Waals surface area contributed by atoms with Gasteiger partial charge in [-0.25, -0.2) is 8.42 Å². The molecule has 0 bridgehead atoms. The largest absolute Gasteiger partial charge is 0.433 e. The summed E-state index contributed by atoms with van der Waals surface area (Å²) in [4.78, 5) is 16.6. The fraction of sp³-hybridized carbons (Fsp3) is 0.429. The van der Waals surface area contributed by atoms with Gasteiger partial charge in [0.05, 0.1) is 15.2 Å². The van der Waals surface area contributed by atoms with Gasteiger partial charge in [0.1, 0.15) is 5.69 Å². The third-order valence-electron chi connectivity index (χ3n) is 5.92. The van der Waals surface area contributed by atoms with E-state index in [0.29, 0.717) is 6.07 Å². The van der Waals surface area contributed by atoms with Crippen molar-refractivity contribution in [2.75, 3.05) is 11.4 Å². The van der Waals surface area contributed by atoms with Crippen LogP contribution < -0.4 is 4.90 Å². The number of hydrogen-bond acceptors (Lipinski definition) is 4. The van der Waals surface area contributed by atoms with Gasteiger partial charge < -0.3 is 4.90 Å². The number of carbonyl (C=O) groups excluding carboxylic acids is 1. The van der Waals surface area contributed by atoms with Crippen LogP contribution in [0.2, 0.25) is 0 Å². The first kappa shape index (κ1) is 25.0. The number of halogens is 6. The molecule has 5 nitrogen and oxygen atoms in total. The number of amides is 1. The van der Waals surface area contributed by atoms with Crippen molar-refractivity contribution in [2.45, 2.75) is 48.7 Å². The lowest BCUT2D eigenvalue weighted by atomic mass is 9.85. The predicted molar refractivity (Wildman–Crippen MR) is 107 cm³/mol. The Morgan fingerprint density at radius 3 is 2.24 bits per heavy atom. The Kier molecular flexibility index (Phi) is 6.29. The highest BCUT2D eigenvalue weighted by Gasteiger charge is 2.46. The molecule has 2 aromatic rings. The molecule has 1 aliphatic heterocycles. The maximum atomic E-state index is 13.2. The Morgan fingerprint density at radius 1 is 1.00 bits per heavy atom. The number of aromatic nitrogens is 1. The number of hydrogen-bond donors (Lipinski definition) is 0. The molecule has 0 N–H and O–H groups in total. The van der Waals surface area contributed by atoms with E-state index in [0.717, 1.165) is 35.4 Å². The molecule has 0 radical (unpaired) electrons. The Morgan fingerprint density at radius 2 is 1.67 bits per heavy atom. The molecule has 2 heterocycles. The number of pyridine rings is 1. The molecule has 12 heteroatoms. The monoisotopic (exact) mass is 494 g/mol. The van der Waals surface area contributed by atoms with E-state index in [2.05, 4.69) is 4.98 Å². The second-order valence-corrected chi connectivity index (χ2v) is 10.8. The minimum Gasteiger partial charge on any atom is -0.312 e. The summed E-state index contributed by atoms with van der Waals surface area (Å²) in [5.74, 6) is -1.34. The number of benzene rings is 1. The van der Waals surface area contributed by atoms with Crippen molar-refractivity contribution in [3.05, 3.63) is 53.9 Å². The minimum atomic E-state index is -4.73. The number of alkyl halides is 6. The topological polar surface area (TPSA) is 67.3 Å². The van der Waals surface area contributed by atoms with E-state index < -0.39 is 54.9 Å². The van der Waals surface area contributed by atoms with Crippen LogP contribution in [0.3, 0.4) is 0 Å². The van der Waals surface area contributed by atoms with Crippen molar-refractivity contribution < 1.29 is 39.6 Å². The van der Waals surface area contributed by atoms with E-state index in [4.69, 9.17) is 0 Å². The van der Waals surface area contributed by atoms with Gasteiger partial charge in [0, 0.05) is 24.8 Å². The number of nitrogens with zero attached hydrogens (tertiary/aromatic N) is 2. The molecule has 0 saturated carbocycles. The van der Waals surface area contributed by atoms with Crippen molar-refractivity contribution in [3.8, 4) is 0 Å². The van der Waals surface area contributed by atoms with Crippen LogP contribution in [0.25, 0.3) is 0 Å². The Bertz CT molecular complexity index is 1160. The SMILES string of the molecule is CC(C)(C1CCN(c2ccnc(C(F)(F)F)c2)C(=O)C1)S(=O)(=O)c1cccc(C(F)(F)F)c1. The highest BCUT2D eigenvalue weighted by molar-refractivity contribution is 7.92. The average molecular weight is 494 g/mol. The molecule has 1 unspecified atom stereocenters. The number of carbonyl (C=O) groups is 1. The molecule has 3 rings (SSSR count). The van der Waals surface area contributed by atoms with E-state index in [-0.39, 0.29) is 25.1 Å². The highest BCUT2D eigenvalue weighted by atomic mass is 32.2. The van der Waals surface area contributed by atoms with E-state index in [1.807, 2.05) is 0 Å². The van der Waals surface area contributed by atoms with Crippen LogP contribution in [-0.2, 0) is 27.0 Å². The molecule has 1 aromatic carbocycles. The van der Waals surface area contributed by atoms with E-state index in [9.17, 15) is 39.6 Å². The molecule has 1 aromatic heterocycles. The third-order valence-corrected chi connectivity index (χ3v) is 8.51. The second kappa shape index (κ2) is 8.30. The number of rotatable bonds is 4. The summed E-state index contributed by atoms with van der Waals surface area (Å²) < 4.78 is 103. The lowest BCUT2D eigenvalue weighted by Crippen LogP contribution is -2.48. The maximum Gasteiger partial charge on any atom is 0.433 e. The number of piperidine rings is 1. The molecule has 1 fully saturated rings. The lowest BCUT2D eigenvalue weighted by Gasteiger charge is -2.39. The molecule has 0 aliphatic carbocycles. The van der Waals surface area contributed by atoms with Crippen LogP contribution in [0, 0.1) is 5.92 Å². The molecule has 1 amide bonds. The number of sulfone groups is 1. The fourth-order valence-corrected chi connectivity index (χ4v) is 5.59. The molecular formula is C21H20F6N2O3S. The van der Waals surface area contributed by atoms with Crippen LogP contribution in [0.1, 0.15) is 37.9 Å². The zero-order chi connectivity index (χ0) is 24.8. The lowest BCUT2D eigenvalue weighted by molar-refractivity contribution is -0.141. The molecule has 1 aliphatic rings. The summed E-state index contributed by atoms with van der Waals surface area (Å²) in [6.07, 6.45) is -8.66. The normalized spacial score (nSPS) is 18.5. The predicted octanol–water partition coefficient (Wildman–Crippen LogP) is 5.11. The zero-order valence-corrected chi connectivity index (χ0v) is 18.4. The molecule has 0 spiro atoms. The van der Waals surface area contributed by atoms with Crippen molar-refractivity contribution in [1.82, 2.24) is 4.98 Å². The second-order valence-electron chi connectivity index (χ2n) is 8.26. The Hall–Kier alpha value is -2.63. The zero-order valence-electron chi connectivity index (χ0n) is 17.5. The molecular weight excluding hydrogens is 474 g/mol. The molecule has 1 saturated heterocycles. The van der Waals surface area contributed by atoms with Gasteiger partial charge in [-0.1, -0.05) is 6.07 Å². The van der Waals surface area contributed by atoms with Crippen molar-refractivity contribution in [2.24, 2.45) is 5.92 Å². The van der Waals surface area contributed by atoms with Gasteiger partial charge in [0.15, 0.2) is 9.84 Å². The molecule has 33 heavy (non-hydrogen) atoms. The first-order valence-electron chi connectivity index (χ1n) is 9.80. The Labute approximate surface area is 186 Å². The van der Waals surface area contributed by atoms with E-state index >= 15 is 0 Å². The fourth-order valence-electron chi connectivity index (χ4n) is 3.80. The maximum absolute atomic E-state index is 13.2. The van der Waals surface area contributed by atoms with Crippen LogP contribution in [0.15, 0.2) is 47.5 Å². The van der Waals surface area contributed by atoms with E-state index in [1.54, 1.807) is 0 Å². The summed E-state index contributed by atoms with van der Waals surface area (Å²) in [6.45, 7) is 2.63. The van der Waals surface area contributed by atoms with Gasteiger partial charge >= 0.3 is 12.4 Å². The van der Waals surface area contributed by atoms with Crippen LogP contribution in [-0.4, -0.2) is 30.6 Å². The third kappa shape index (κ3) is 4.85. The van der Waals surface area contributed by atoms with Crippen LogP contribution >= 0.6 is 0 Å². The summed E-state index contributed by atoms with van der Waals surface area (Å²) in [5.41, 5.74) is -2.29. The standard InChI is InChI=1S/C21H20F6N2O3S/c1-19(2,33(31,32)16-5-3-4-14(10-16)20(22,23)24)13-7-9-29(18(30)11-13)15-6-8-28-17(12-15)21(25,26)27/h3-6,8,10,12-13H,7,9,11H2,1-2H3. The summed E-state index contributed by atoms with van der Waals surface area (Å²) in [7, 11) is -4.28. The van der Waals surface area contributed by atoms with Gasteiger partial charge in [-0.05, 0) is 56.5 Å². The Balaban J connectivity index is 1.85. The van der Waals surface area contributed by atoms with Crippen LogP contribution in [0.5, 0.6) is 0 Å². The smallest absolute Gasteiger partial charge is 0.312 e. The highest BCUT2D eigenvalue weighted by Crippen LogP contribution is 2.41. The van der Waals surface area contributed by atoms with Crippen molar-refractivity contribution >= 4 is 21.4 Å². The summed E-state index contributed by atoms with van der Waals surface area (Å²) in [5, 5.41) is 0. The van der Waals surface area contributed by atoms with Gasteiger partial charge in [0.25, 0.3) is 0 Å². The van der Waals surface area contributed by atoms with Gasteiger partial charge in [-0.3, -0.25) is 9.78 Å². The first-order valence-corrected chi connectivity index (χ1v) is 11.3. The quantitative estimate of drug-likeness (QED) is 0.554. The minimum absolute atomic E-state index is 0.0145. The average Bonchev–Trinajstić information content (AvgIpc) is 2.72. The summed E-state index contributed by atoms with van der Waals surface area (Å²) in [6, 6.07) is 5.38. The van der Waals surface area contributed by atoms with E-state index in [1.165, 1.54) is 19.9 Å². The number of anilines is 1. The molecule has 1 atom stereocenters. The summed E-state index contributed by atoms with van der Waals surface area (Å²) >= 11 is 0. The van der Waals surface area contributed by atoms with Crippen LogP contribution in [0.4, 0.5) is 32.0 Å². The molecule has 180 valence electrons. The van der Waals surface area contributed by atoms with Gasteiger partial charge in [-0.15, -0.1) is 0 Å².